The van der Waals surface area contributed by atoms with Gasteiger partial charge >= 0.3 is 0 Å². The average Bonchev–Trinajstić information content (AvgIpc) is 2.55. The number of nitrogens with zero attached hydrogens (tertiary/aromatic N) is 1. The van der Waals surface area contributed by atoms with E-state index in [1.165, 1.54) is 0 Å². The van der Waals surface area contributed by atoms with Gasteiger partial charge in [0.15, 0.2) is 0 Å². The zero-order valence-corrected chi connectivity index (χ0v) is 13.2. The number of nitrogens with one attached hydrogen (secondary N) is 1. The third kappa shape index (κ3) is 4.33. The van der Waals surface area contributed by atoms with E-state index < -0.39 is 0 Å². The molecule has 0 aliphatic heterocycles. The standard InChI is InChI=1S/C18H22N2O2/c1-14(18(21)19-16-7-5-4-6-8-16)20(2)13-15-9-11-17(22-3)12-10-15/h4-12,14H,13H2,1-3H3,(H,19,21)/t14-/m1/s1. The van der Waals surface area contributed by atoms with Crippen LogP contribution in [0.2, 0.25) is 0 Å². The van der Waals surface area contributed by atoms with E-state index in [0.29, 0.717) is 6.54 Å². The fraction of sp³-hybridized carbons (Fsp3) is 0.278. The number of para-hydroxylation sites is 1. The molecule has 0 radical (unpaired) electrons. The molecule has 0 fully saturated rings. The molecule has 0 saturated heterocycles. The fourth-order valence-electron chi connectivity index (χ4n) is 2.12. The Kier molecular flexibility index (Phi) is 5.55. The van der Waals surface area contributed by atoms with Crippen LogP contribution in [-0.4, -0.2) is 31.0 Å². The maximum atomic E-state index is 12.3. The van der Waals surface area contributed by atoms with Gasteiger partial charge < -0.3 is 10.1 Å². The van der Waals surface area contributed by atoms with Crippen LogP contribution < -0.4 is 10.1 Å². The lowest BCUT2D eigenvalue weighted by Crippen LogP contribution is -2.39. The molecule has 0 aliphatic carbocycles. The van der Waals surface area contributed by atoms with Gasteiger partial charge in [-0.05, 0) is 43.8 Å². The molecule has 116 valence electrons. The van der Waals surface area contributed by atoms with E-state index in [0.717, 1.165) is 17.0 Å². The highest BCUT2D eigenvalue weighted by Crippen LogP contribution is 2.14. The second-order valence-electron chi connectivity index (χ2n) is 5.29. The van der Waals surface area contributed by atoms with Crippen molar-refractivity contribution in [3.8, 4) is 5.75 Å². The van der Waals surface area contributed by atoms with Gasteiger partial charge in [0.1, 0.15) is 5.75 Å². The van der Waals surface area contributed by atoms with Crippen molar-refractivity contribution < 1.29 is 9.53 Å². The first kappa shape index (κ1) is 16.0. The number of likely N-dealkylation sites (N-methyl/N-ethyl adjacent to an activating group) is 1. The minimum Gasteiger partial charge on any atom is -0.497 e. The molecule has 0 heterocycles. The van der Waals surface area contributed by atoms with Crippen molar-refractivity contribution in [2.75, 3.05) is 19.5 Å². The van der Waals surface area contributed by atoms with Crippen molar-refractivity contribution in [3.63, 3.8) is 0 Å². The molecule has 2 aromatic carbocycles. The topological polar surface area (TPSA) is 41.6 Å². The molecule has 0 aliphatic rings. The number of benzene rings is 2. The number of rotatable bonds is 6. The summed E-state index contributed by atoms with van der Waals surface area (Å²) in [6.45, 7) is 2.61. The van der Waals surface area contributed by atoms with Crippen LogP contribution in [0.1, 0.15) is 12.5 Å². The molecule has 22 heavy (non-hydrogen) atoms. The van der Waals surface area contributed by atoms with Crippen molar-refractivity contribution >= 4 is 11.6 Å². The van der Waals surface area contributed by atoms with Gasteiger partial charge in [0.05, 0.1) is 13.2 Å². The molecule has 0 unspecified atom stereocenters. The Bertz CT molecular complexity index is 596. The summed E-state index contributed by atoms with van der Waals surface area (Å²) in [7, 11) is 3.59. The number of ether oxygens (including phenoxy) is 1. The van der Waals surface area contributed by atoms with Crippen LogP contribution in [0.3, 0.4) is 0 Å². The van der Waals surface area contributed by atoms with Crippen LogP contribution in [0.5, 0.6) is 5.75 Å². The molecule has 2 aromatic rings. The third-order valence-electron chi connectivity index (χ3n) is 3.67. The summed E-state index contributed by atoms with van der Waals surface area (Å²) >= 11 is 0. The van der Waals surface area contributed by atoms with Gasteiger partial charge in [-0.3, -0.25) is 9.69 Å². The third-order valence-corrected chi connectivity index (χ3v) is 3.67. The van der Waals surface area contributed by atoms with Crippen molar-refractivity contribution in [2.24, 2.45) is 0 Å². The average molecular weight is 298 g/mol. The van der Waals surface area contributed by atoms with E-state index in [-0.39, 0.29) is 11.9 Å². The van der Waals surface area contributed by atoms with E-state index in [1.54, 1.807) is 7.11 Å². The number of carbonyl (C=O) groups excluding carboxylic acids is 1. The molecule has 0 saturated carbocycles. The van der Waals surface area contributed by atoms with Gasteiger partial charge in [-0.25, -0.2) is 0 Å². The fourth-order valence-corrected chi connectivity index (χ4v) is 2.12. The zero-order valence-electron chi connectivity index (χ0n) is 13.2. The van der Waals surface area contributed by atoms with Gasteiger partial charge in [-0.2, -0.15) is 0 Å². The van der Waals surface area contributed by atoms with Crippen molar-refractivity contribution in [2.45, 2.75) is 19.5 Å². The SMILES string of the molecule is COc1ccc(CN(C)[C@H](C)C(=O)Nc2ccccc2)cc1. The smallest absolute Gasteiger partial charge is 0.241 e. The Morgan fingerprint density at radius 2 is 1.77 bits per heavy atom. The molecule has 1 amide bonds. The lowest BCUT2D eigenvalue weighted by Gasteiger charge is -2.24. The number of anilines is 1. The molecule has 1 N–H and O–H groups in total. The second kappa shape index (κ2) is 7.61. The van der Waals surface area contributed by atoms with E-state index in [1.807, 2.05) is 73.5 Å². The molecule has 0 aromatic heterocycles. The molecule has 4 nitrogen and oxygen atoms in total. The summed E-state index contributed by atoms with van der Waals surface area (Å²) in [5.41, 5.74) is 1.96. The highest BCUT2D eigenvalue weighted by Gasteiger charge is 2.18. The molecular weight excluding hydrogens is 276 g/mol. The Balaban J connectivity index is 1.92. The van der Waals surface area contributed by atoms with E-state index >= 15 is 0 Å². The van der Waals surface area contributed by atoms with Crippen molar-refractivity contribution in [1.82, 2.24) is 4.90 Å². The predicted molar refractivity (Wildman–Crippen MR) is 89.0 cm³/mol. The minimum absolute atomic E-state index is 0.0118. The second-order valence-corrected chi connectivity index (χ2v) is 5.29. The van der Waals surface area contributed by atoms with E-state index in [4.69, 9.17) is 4.74 Å². The maximum Gasteiger partial charge on any atom is 0.241 e. The van der Waals surface area contributed by atoms with Gasteiger partial charge in [0.2, 0.25) is 5.91 Å². The van der Waals surface area contributed by atoms with E-state index in [2.05, 4.69) is 5.32 Å². The molecule has 2 rings (SSSR count). The number of methoxy groups -OCH3 is 1. The Morgan fingerprint density at radius 1 is 1.14 bits per heavy atom. The number of carbonyl (C=O) groups is 1. The van der Waals surface area contributed by atoms with Gasteiger partial charge in [0.25, 0.3) is 0 Å². The number of amides is 1. The number of hydrogen-bond acceptors (Lipinski definition) is 3. The highest BCUT2D eigenvalue weighted by atomic mass is 16.5. The molecule has 4 heteroatoms. The first-order valence-electron chi connectivity index (χ1n) is 7.29. The first-order chi connectivity index (χ1) is 10.6. The van der Waals surface area contributed by atoms with Crippen LogP contribution in [0.15, 0.2) is 54.6 Å². The maximum absolute atomic E-state index is 12.3. The van der Waals surface area contributed by atoms with Gasteiger partial charge in [0, 0.05) is 12.2 Å². The van der Waals surface area contributed by atoms with Crippen LogP contribution in [0.25, 0.3) is 0 Å². The minimum atomic E-state index is -0.220. The Morgan fingerprint density at radius 3 is 2.36 bits per heavy atom. The summed E-state index contributed by atoms with van der Waals surface area (Å²) < 4.78 is 5.15. The zero-order chi connectivity index (χ0) is 15.9. The summed E-state index contributed by atoms with van der Waals surface area (Å²) in [4.78, 5) is 14.3. The van der Waals surface area contributed by atoms with Crippen LogP contribution >= 0.6 is 0 Å². The normalized spacial score (nSPS) is 12.0. The molecule has 0 bridgehead atoms. The monoisotopic (exact) mass is 298 g/mol. The first-order valence-corrected chi connectivity index (χ1v) is 7.29. The van der Waals surface area contributed by atoms with Crippen LogP contribution in [0, 0.1) is 0 Å². The van der Waals surface area contributed by atoms with Crippen LogP contribution in [-0.2, 0) is 11.3 Å². The Labute approximate surface area is 131 Å². The highest BCUT2D eigenvalue weighted by molar-refractivity contribution is 5.94. The Hall–Kier alpha value is -2.33. The lowest BCUT2D eigenvalue weighted by atomic mass is 10.1. The lowest BCUT2D eigenvalue weighted by molar-refractivity contribution is -0.120. The van der Waals surface area contributed by atoms with Gasteiger partial charge in [-0.1, -0.05) is 30.3 Å². The molecule has 1 atom stereocenters. The van der Waals surface area contributed by atoms with Crippen molar-refractivity contribution in [3.05, 3.63) is 60.2 Å². The summed E-state index contributed by atoms with van der Waals surface area (Å²) in [5, 5.41) is 2.93. The van der Waals surface area contributed by atoms with E-state index in [9.17, 15) is 4.79 Å². The molecule has 0 spiro atoms. The molecular formula is C18H22N2O2. The summed E-state index contributed by atoms with van der Waals surface area (Å²) in [6.07, 6.45) is 0. The predicted octanol–water partition coefficient (Wildman–Crippen LogP) is 3.15. The quantitative estimate of drug-likeness (QED) is 0.890. The summed E-state index contributed by atoms with van der Waals surface area (Å²) in [6, 6.07) is 17.2. The van der Waals surface area contributed by atoms with Crippen LogP contribution in [0.4, 0.5) is 5.69 Å². The van der Waals surface area contributed by atoms with Gasteiger partial charge in [-0.15, -0.1) is 0 Å². The number of hydrogen-bond donors (Lipinski definition) is 1. The largest absolute Gasteiger partial charge is 0.497 e. The summed E-state index contributed by atoms with van der Waals surface area (Å²) in [5.74, 6) is 0.823. The van der Waals surface area contributed by atoms with Crippen molar-refractivity contribution in [1.29, 1.82) is 0 Å².